The Morgan fingerprint density at radius 1 is 1.20 bits per heavy atom. The van der Waals surface area contributed by atoms with E-state index < -0.39 is 17.7 Å². The van der Waals surface area contributed by atoms with Crippen LogP contribution in [0, 0.1) is 0 Å². The molecular weight excluding hydrogens is 519 g/mol. The molecule has 0 aliphatic carbocycles. The van der Waals surface area contributed by atoms with Gasteiger partial charge in [0.2, 0.25) is 0 Å². The Balaban J connectivity index is 0.00000450. The largest absolute Gasteiger partial charge is 0.495 e. The number of methoxy groups -OCH3 is 1. The molecule has 7 nitrogen and oxygen atoms in total. The number of hydrogen-bond donors (Lipinski definition) is 3. The lowest BCUT2D eigenvalue weighted by Gasteiger charge is -2.23. The maximum Gasteiger partial charge on any atom is 0.408 e. The minimum absolute atomic E-state index is 0. The first-order chi connectivity index (χ1) is 13.7. The van der Waals surface area contributed by atoms with Gasteiger partial charge in [-0.1, -0.05) is 41.9 Å². The second kappa shape index (κ2) is 11.8. The average molecular weight is 547 g/mol. The molecule has 0 heterocycles. The molecule has 0 aromatic heterocycles. The van der Waals surface area contributed by atoms with Crippen molar-refractivity contribution in [3.05, 3.63) is 59.1 Å². The van der Waals surface area contributed by atoms with Crippen LogP contribution >= 0.6 is 35.6 Å². The third-order valence-corrected chi connectivity index (χ3v) is 4.06. The molecule has 0 saturated carbocycles. The lowest BCUT2D eigenvalue weighted by molar-refractivity contribution is 0.0505. The quantitative estimate of drug-likeness (QED) is 0.270. The van der Waals surface area contributed by atoms with Gasteiger partial charge in [-0.3, -0.25) is 4.99 Å². The van der Waals surface area contributed by atoms with E-state index in [1.807, 2.05) is 51.1 Å². The van der Waals surface area contributed by atoms with Crippen molar-refractivity contribution in [3.8, 4) is 5.75 Å². The number of rotatable bonds is 6. The van der Waals surface area contributed by atoms with Crippen LogP contribution in [0.4, 0.5) is 10.5 Å². The van der Waals surface area contributed by atoms with E-state index in [0.29, 0.717) is 16.5 Å². The number of carbonyl (C=O) groups excluding carboxylic acids is 1. The molecule has 0 fully saturated rings. The van der Waals surface area contributed by atoms with Crippen LogP contribution in [-0.4, -0.2) is 31.3 Å². The molecule has 0 aliphatic rings. The van der Waals surface area contributed by atoms with Crippen LogP contribution in [0.3, 0.4) is 0 Å². The molecular formula is C21H28ClIN4O3. The Morgan fingerprint density at radius 3 is 2.43 bits per heavy atom. The number of benzene rings is 2. The molecule has 2 aromatic carbocycles. The molecule has 1 atom stereocenters. The molecule has 1 amide bonds. The Morgan fingerprint density at radius 2 is 1.87 bits per heavy atom. The fourth-order valence-electron chi connectivity index (χ4n) is 2.49. The van der Waals surface area contributed by atoms with E-state index >= 15 is 0 Å². The highest BCUT2D eigenvalue weighted by atomic mass is 127. The van der Waals surface area contributed by atoms with Crippen molar-refractivity contribution in [2.45, 2.75) is 32.4 Å². The van der Waals surface area contributed by atoms with Gasteiger partial charge in [0, 0.05) is 5.69 Å². The predicted molar refractivity (Wildman–Crippen MR) is 132 cm³/mol. The number of anilines is 1. The molecule has 30 heavy (non-hydrogen) atoms. The molecule has 0 radical (unpaired) electrons. The number of carbonyl (C=O) groups is 1. The van der Waals surface area contributed by atoms with E-state index in [4.69, 9.17) is 26.8 Å². The summed E-state index contributed by atoms with van der Waals surface area (Å²) >= 11 is 6.12. The molecule has 0 bridgehead atoms. The summed E-state index contributed by atoms with van der Waals surface area (Å²) in [5.41, 5.74) is 6.98. The minimum atomic E-state index is -0.594. The highest BCUT2D eigenvalue weighted by Gasteiger charge is 2.20. The Labute approximate surface area is 199 Å². The summed E-state index contributed by atoms with van der Waals surface area (Å²) in [7, 11) is 1.55. The Kier molecular flexibility index (Phi) is 10.2. The molecule has 2 aromatic rings. The van der Waals surface area contributed by atoms with E-state index in [0.717, 1.165) is 5.56 Å². The highest BCUT2D eigenvalue weighted by Crippen LogP contribution is 2.27. The van der Waals surface area contributed by atoms with E-state index in [-0.39, 0.29) is 36.5 Å². The number of ether oxygens (including phenoxy) is 2. The summed E-state index contributed by atoms with van der Waals surface area (Å²) in [6.07, 6.45) is -0.519. The third-order valence-electron chi connectivity index (χ3n) is 3.76. The first-order valence-corrected chi connectivity index (χ1v) is 9.50. The van der Waals surface area contributed by atoms with Crippen LogP contribution in [0.15, 0.2) is 53.5 Å². The average Bonchev–Trinajstić information content (AvgIpc) is 2.64. The first kappa shape index (κ1) is 25.8. The molecule has 164 valence electrons. The number of halogens is 2. The lowest BCUT2D eigenvalue weighted by Crippen LogP contribution is -2.36. The van der Waals surface area contributed by atoms with Crippen LogP contribution < -0.4 is 21.1 Å². The smallest absolute Gasteiger partial charge is 0.408 e. The Bertz CT molecular complexity index is 857. The summed E-state index contributed by atoms with van der Waals surface area (Å²) in [6.45, 7) is 5.66. The van der Waals surface area contributed by atoms with Crippen molar-refractivity contribution in [2.24, 2.45) is 10.7 Å². The van der Waals surface area contributed by atoms with Gasteiger partial charge < -0.3 is 25.8 Å². The second-order valence-corrected chi connectivity index (χ2v) is 7.72. The molecule has 2 rings (SSSR count). The van der Waals surface area contributed by atoms with E-state index in [9.17, 15) is 4.79 Å². The molecule has 9 heteroatoms. The lowest BCUT2D eigenvalue weighted by atomic mass is 10.1. The maximum atomic E-state index is 12.2. The zero-order chi connectivity index (χ0) is 21.4. The summed E-state index contributed by atoms with van der Waals surface area (Å²) in [5.74, 6) is 0.761. The summed E-state index contributed by atoms with van der Waals surface area (Å²) in [5, 5.41) is 6.28. The van der Waals surface area contributed by atoms with Crippen molar-refractivity contribution in [1.82, 2.24) is 5.32 Å². The topological polar surface area (TPSA) is 98.0 Å². The molecule has 4 N–H and O–H groups in total. The summed E-state index contributed by atoms with van der Waals surface area (Å²) in [6, 6.07) is 14.3. The fourth-order valence-corrected chi connectivity index (χ4v) is 2.75. The number of hydrogen-bond acceptors (Lipinski definition) is 4. The normalized spacial score (nSPS) is 12.4. The summed E-state index contributed by atoms with van der Waals surface area (Å²) in [4.78, 5) is 16.6. The van der Waals surface area contributed by atoms with E-state index in [1.54, 1.807) is 25.3 Å². The number of nitrogens with zero attached hydrogens (tertiary/aromatic N) is 1. The maximum absolute atomic E-state index is 12.2. The van der Waals surface area contributed by atoms with Crippen molar-refractivity contribution >= 4 is 53.3 Å². The van der Waals surface area contributed by atoms with Gasteiger partial charge in [-0.05, 0) is 44.5 Å². The van der Waals surface area contributed by atoms with Crippen molar-refractivity contribution < 1.29 is 14.3 Å². The van der Waals surface area contributed by atoms with Gasteiger partial charge in [0.1, 0.15) is 11.4 Å². The molecule has 0 spiro atoms. The molecule has 0 aliphatic heterocycles. The van der Waals surface area contributed by atoms with Crippen LogP contribution in [0.25, 0.3) is 0 Å². The van der Waals surface area contributed by atoms with Crippen LogP contribution in [0.1, 0.15) is 32.4 Å². The van der Waals surface area contributed by atoms with Gasteiger partial charge in [0.25, 0.3) is 0 Å². The van der Waals surface area contributed by atoms with Crippen molar-refractivity contribution in [3.63, 3.8) is 0 Å². The zero-order valence-electron chi connectivity index (χ0n) is 17.4. The van der Waals surface area contributed by atoms with Gasteiger partial charge in [-0.2, -0.15) is 0 Å². The standard InChI is InChI=1S/C21H27ClN4O3.HI/c1-21(2,3)29-20(27)26-17(14-8-6-5-7-9-14)13-24-19(23)25-15-10-11-18(28-4)16(22)12-15;/h5-12,17H,13H2,1-4H3,(H,26,27)(H3,23,24,25);1H. The zero-order valence-corrected chi connectivity index (χ0v) is 20.5. The number of nitrogens with one attached hydrogen (secondary N) is 2. The van der Waals surface area contributed by atoms with Gasteiger partial charge >= 0.3 is 6.09 Å². The summed E-state index contributed by atoms with van der Waals surface area (Å²) < 4.78 is 10.5. The van der Waals surface area contributed by atoms with Crippen molar-refractivity contribution in [2.75, 3.05) is 19.0 Å². The molecule has 1 unspecified atom stereocenters. The number of alkyl carbamates (subject to hydrolysis) is 1. The second-order valence-electron chi connectivity index (χ2n) is 7.31. The van der Waals surface area contributed by atoms with Gasteiger partial charge in [-0.15, -0.1) is 24.0 Å². The third kappa shape index (κ3) is 8.66. The number of amides is 1. The number of nitrogens with two attached hydrogens (primary N) is 1. The minimum Gasteiger partial charge on any atom is -0.495 e. The number of aliphatic imine (C=N–C) groups is 1. The Hall–Kier alpha value is -2.20. The number of guanidine groups is 1. The van der Waals surface area contributed by atoms with E-state index in [2.05, 4.69) is 15.6 Å². The predicted octanol–water partition coefficient (Wildman–Crippen LogP) is 4.96. The van der Waals surface area contributed by atoms with Crippen LogP contribution in [0.5, 0.6) is 5.75 Å². The van der Waals surface area contributed by atoms with Crippen LogP contribution in [-0.2, 0) is 4.74 Å². The van der Waals surface area contributed by atoms with Gasteiger partial charge in [0.05, 0.1) is 24.7 Å². The van der Waals surface area contributed by atoms with Gasteiger partial charge in [0.15, 0.2) is 5.96 Å². The highest BCUT2D eigenvalue weighted by molar-refractivity contribution is 14.0. The van der Waals surface area contributed by atoms with Gasteiger partial charge in [-0.25, -0.2) is 4.79 Å². The molecule has 0 saturated heterocycles. The first-order valence-electron chi connectivity index (χ1n) is 9.13. The monoisotopic (exact) mass is 546 g/mol. The van der Waals surface area contributed by atoms with E-state index in [1.165, 1.54) is 0 Å². The van der Waals surface area contributed by atoms with Crippen LogP contribution in [0.2, 0.25) is 5.02 Å². The SMILES string of the molecule is COc1ccc(NC(N)=NCC(NC(=O)OC(C)(C)C)c2ccccc2)cc1Cl.I. The van der Waals surface area contributed by atoms with Crippen molar-refractivity contribution in [1.29, 1.82) is 0 Å². The fraction of sp³-hybridized carbons (Fsp3) is 0.333.